The molecule has 0 aromatic carbocycles. The van der Waals surface area contributed by atoms with Crippen molar-refractivity contribution in [3.63, 3.8) is 0 Å². The summed E-state index contributed by atoms with van der Waals surface area (Å²) in [6, 6.07) is 0.654. The Labute approximate surface area is 163 Å². The number of rotatable bonds is 8. The lowest BCUT2D eigenvalue weighted by atomic mass is 9.88. The van der Waals surface area contributed by atoms with E-state index in [1.807, 2.05) is 0 Å². The first-order chi connectivity index (χ1) is 13.2. The van der Waals surface area contributed by atoms with Crippen molar-refractivity contribution in [2.45, 2.75) is 76.3 Å². The Morgan fingerprint density at radius 1 is 0.778 bits per heavy atom. The number of nitrogens with zero attached hydrogens (tertiary/aromatic N) is 2. The van der Waals surface area contributed by atoms with Crippen molar-refractivity contribution < 1.29 is 14.3 Å². The summed E-state index contributed by atoms with van der Waals surface area (Å²) in [5.74, 6) is 4.57. The summed E-state index contributed by atoms with van der Waals surface area (Å²) in [4.78, 5) is 28.6. The lowest BCUT2D eigenvalue weighted by Gasteiger charge is -2.41. The Morgan fingerprint density at radius 3 is 1.67 bits per heavy atom. The van der Waals surface area contributed by atoms with Gasteiger partial charge in [-0.1, -0.05) is 50.4 Å². The molecule has 0 bridgehead atoms. The number of carbonyl (C=O) groups is 2. The standard InChI is InChI=1S/C22H32N2O3/c1-3-15-23(16-4-2)21(25)17-27-18-22(26)24(19-11-7-5-8-12-19)20-13-9-6-10-14-20/h1-2,19-20H,5-18H2. The van der Waals surface area contributed by atoms with Crippen molar-refractivity contribution in [3.05, 3.63) is 0 Å². The first-order valence-corrected chi connectivity index (χ1v) is 10.2. The summed E-state index contributed by atoms with van der Waals surface area (Å²) < 4.78 is 5.47. The van der Waals surface area contributed by atoms with Crippen LogP contribution in [0.1, 0.15) is 64.2 Å². The molecule has 0 radical (unpaired) electrons. The molecule has 2 aliphatic carbocycles. The zero-order valence-corrected chi connectivity index (χ0v) is 16.3. The highest BCUT2D eigenvalue weighted by molar-refractivity contribution is 5.80. The predicted octanol–water partition coefficient (Wildman–Crippen LogP) is 2.59. The van der Waals surface area contributed by atoms with Gasteiger partial charge in [-0.15, -0.1) is 12.8 Å². The second-order valence-corrected chi connectivity index (χ2v) is 7.54. The van der Waals surface area contributed by atoms with Crippen molar-refractivity contribution >= 4 is 11.8 Å². The lowest BCUT2D eigenvalue weighted by molar-refractivity contribution is -0.146. The number of hydrogen-bond acceptors (Lipinski definition) is 3. The van der Waals surface area contributed by atoms with Crippen LogP contribution in [0.15, 0.2) is 0 Å². The molecule has 5 nitrogen and oxygen atoms in total. The van der Waals surface area contributed by atoms with Crippen LogP contribution < -0.4 is 0 Å². The Bertz CT molecular complexity index is 529. The van der Waals surface area contributed by atoms with Crippen molar-refractivity contribution in [2.24, 2.45) is 0 Å². The van der Waals surface area contributed by atoms with E-state index in [2.05, 4.69) is 16.7 Å². The molecule has 0 aromatic rings. The summed E-state index contributed by atoms with van der Waals surface area (Å²) in [6.07, 6.45) is 22.1. The molecule has 0 aromatic heterocycles. The summed E-state index contributed by atoms with van der Waals surface area (Å²) in [5.41, 5.74) is 0. The van der Waals surface area contributed by atoms with Crippen LogP contribution in [0.2, 0.25) is 0 Å². The van der Waals surface area contributed by atoms with E-state index >= 15 is 0 Å². The van der Waals surface area contributed by atoms with Crippen molar-refractivity contribution in [1.82, 2.24) is 9.80 Å². The highest BCUT2D eigenvalue weighted by atomic mass is 16.5. The van der Waals surface area contributed by atoms with Gasteiger partial charge in [0, 0.05) is 12.1 Å². The molecule has 0 saturated heterocycles. The van der Waals surface area contributed by atoms with E-state index < -0.39 is 0 Å². The van der Waals surface area contributed by atoms with Crippen LogP contribution in [-0.2, 0) is 14.3 Å². The molecule has 0 spiro atoms. The maximum atomic E-state index is 13.0. The summed E-state index contributed by atoms with van der Waals surface area (Å²) in [6.45, 7) is 0.0736. The second-order valence-electron chi connectivity index (χ2n) is 7.54. The van der Waals surface area contributed by atoms with E-state index in [4.69, 9.17) is 17.6 Å². The lowest BCUT2D eigenvalue weighted by Crippen LogP contribution is -2.50. The minimum absolute atomic E-state index is 0.0158. The third-order valence-corrected chi connectivity index (χ3v) is 5.59. The van der Waals surface area contributed by atoms with Crippen molar-refractivity contribution in [1.29, 1.82) is 0 Å². The van der Waals surface area contributed by atoms with Gasteiger partial charge in [-0.05, 0) is 25.7 Å². The normalized spacial score (nSPS) is 18.3. The molecule has 0 N–H and O–H groups in total. The summed E-state index contributed by atoms with van der Waals surface area (Å²) >= 11 is 0. The van der Waals surface area contributed by atoms with Gasteiger partial charge in [0.05, 0.1) is 13.1 Å². The molecule has 2 rings (SSSR count). The van der Waals surface area contributed by atoms with Gasteiger partial charge in [-0.2, -0.15) is 0 Å². The van der Waals surface area contributed by atoms with Crippen LogP contribution in [0, 0.1) is 24.7 Å². The zero-order chi connectivity index (χ0) is 19.5. The van der Waals surface area contributed by atoms with Gasteiger partial charge >= 0.3 is 0 Å². The monoisotopic (exact) mass is 372 g/mol. The molecule has 0 heterocycles. The van der Waals surface area contributed by atoms with E-state index in [9.17, 15) is 9.59 Å². The smallest absolute Gasteiger partial charge is 0.250 e. The number of amides is 2. The van der Waals surface area contributed by atoms with Gasteiger partial charge in [0.1, 0.15) is 13.2 Å². The minimum atomic E-state index is -0.277. The highest BCUT2D eigenvalue weighted by Gasteiger charge is 2.32. The molecule has 5 heteroatoms. The number of carbonyl (C=O) groups excluding carboxylic acids is 2. The molecule has 2 amide bonds. The van der Waals surface area contributed by atoms with Gasteiger partial charge in [-0.3, -0.25) is 9.59 Å². The number of ether oxygens (including phenoxy) is 1. The number of terminal acetylenes is 2. The van der Waals surface area contributed by atoms with Gasteiger partial charge in [0.2, 0.25) is 11.8 Å². The average Bonchev–Trinajstić information content (AvgIpc) is 2.69. The fraction of sp³-hybridized carbons (Fsp3) is 0.727. The van der Waals surface area contributed by atoms with Gasteiger partial charge in [0.25, 0.3) is 0 Å². The molecule has 2 fully saturated rings. The zero-order valence-electron chi connectivity index (χ0n) is 16.3. The summed E-state index contributed by atoms with van der Waals surface area (Å²) in [7, 11) is 0. The molecule has 27 heavy (non-hydrogen) atoms. The molecule has 0 atom stereocenters. The van der Waals surface area contributed by atoms with Crippen molar-refractivity contribution in [2.75, 3.05) is 26.3 Å². The van der Waals surface area contributed by atoms with Gasteiger partial charge in [0.15, 0.2) is 0 Å². The molecule has 2 saturated carbocycles. The Morgan fingerprint density at radius 2 is 1.22 bits per heavy atom. The Hall–Kier alpha value is -1.98. The third-order valence-electron chi connectivity index (χ3n) is 5.59. The van der Waals surface area contributed by atoms with Gasteiger partial charge < -0.3 is 14.5 Å². The SMILES string of the molecule is C#CCN(CC#C)C(=O)COCC(=O)N(C1CCCCC1)C1CCCCC1. The topological polar surface area (TPSA) is 49.9 Å². The average molecular weight is 373 g/mol. The fourth-order valence-electron chi connectivity index (χ4n) is 4.27. The molecule has 2 aliphatic rings. The fourth-order valence-corrected chi connectivity index (χ4v) is 4.27. The molecular formula is C22H32N2O3. The van der Waals surface area contributed by atoms with E-state index in [0.717, 1.165) is 25.7 Å². The second kappa shape index (κ2) is 11.7. The quantitative estimate of drug-likeness (QED) is 0.616. The summed E-state index contributed by atoms with van der Waals surface area (Å²) in [5, 5.41) is 0. The van der Waals surface area contributed by atoms with E-state index in [1.165, 1.54) is 43.4 Å². The van der Waals surface area contributed by atoms with E-state index in [-0.39, 0.29) is 38.1 Å². The molecule has 0 unspecified atom stereocenters. The van der Waals surface area contributed by atoms with Crippen LogP contribution in [0.3, 0.4) is 0 Å². The number of hydrogen-bond donors (Lipinski definition) is 0. The van der Waals surface area contributed by atoms with Crippen molar-refractivity contribution in [3.8, 4) is 24.7 Å². The van der Waals surface area contributed by atoms with E-state index in [0.29, 0.717) is 12.1 Å². The largest absolute Gasteiger partial charge is 0.362 e. The predicted molar refractivity (Wildman–Crippen MR) is 106 cm³/mol. The van der Waals surface area contributed by atoms with Crippen LogP contribution in [0.5, 0.6) is 0 Å². The van der Waals surface area contributed by atoms with Gasteiger partial charge in [-0.25, -0.2) is 0 Å². The van der Waals surface area contributed by atoms with Crippen LogP contribution in [0.25, 0.3) is 0 Å². The van der Waals surface area contributed by atoms with Crippen LogP contribution in [-0.4, -0.2) is 60.0 Å². The third kappa shape index (κ3) is 6.60. The minimum Gasteiger partial charge on any atom is -0.362 e. The van der Waals surface area contributed by atoms with Crippen LogP contribution in [0.4, 0.5) is 0 Å². The van der Waals surface area contributed by atoms with E-state index in [1.54, 1.807) is 0 Å². The molecule has 148 valence electrons. The highest BCUT2D eigenvalue weighted by Crippen LogP contribution is 2.30. The Kier molecular flexibility index (Phi) is 9.22. The van der Waals surface area contributed by atoms with Crippen LogP contribution >= 0.6 is 0 Å². The first-order valence-electron chi connectivity index (χ1n) is 10.2. The Balaban J connectivity index is 1.90. The maximum Gasteiger partial charge on any atom is 0.250 e. The molecular weight excluding hydrogens is 340 g/mol. The first kappa shape index (κ1) is 21.3. The maximum absolute atomic E-state index is 13.0. The molecule has 0 aliphatic heterocycles.